The summed E-state index contributed by atoms with van der Waals surface area (Å²) in [5.41, 5.74) is 2.57. The zero-order valence-electron chi connectivity index (χ0n) is 7.25. The predicted octanol–water partition coefficient (Wildman–Crippen LogP) is -2.05. The lowest BCUT2D eigenvalue weighted by molar-refractivity contribution is -0.548. The van der Waals surface area contributed by atoms with Gasteiger partial charge in [-0.2, -0.15) is 0 Å². The molecule has 1 rings (SSSR count). The Morgan fingerprint density at radius 1 is 1.36 bits per heavy atom. The monoisotopic (exact) mass is 201 g/mol. The van der Waals surface area contributed by atoms with Gasteiger partial charge in [0, 0.05) is 0 Å². The highest BCUT2D eigenvalue weighted by Crippen LogP contribution is 2.10. The van der Waals surface area contributed by atoms with Gasteiger partial charge in [0.05, 0.1) is 5.56 Å². The number of para-hydroxylation sites is 1. The molecular formula is C8H11NO5. The number of carboxylic acids is 1. The molecule has 1 aromatic rings. The third-order valence-corrected chi connectivity index (χ3v) is 1.12. The maximum Gasteiger partial charge on any atom is 0.335 e. The molecule has 0 fully saturated rings. The summed E-state index contributed by atoms with van der Waals surface area (Å²) >= 11 is 0. The molecule has 6 heteroatoms. The Morgan fingerprint density at radius 2 is 1.79 bits per heavy atom. The van der Waals surface area contributed by atoms with Gasteiger partial charge in [0.2, 0.25) is 0 Å². The van der Waals surface area contributed by atoms with E-state index in [0.29, 0.717) is 0 Å². The first-order chi connectivity index (χ1) is 6.45. The second-order valence-electron chi connectivity index (χ2n) is 2.28. The first kappa shape index (κ1) is 12.4. The number of aliphatic hydroxyl groups is 2. The molecule has 14 heavy (non-hydrogen) atoms. The summed E-state index contributed by atoms with van der Waals surface area (Å²) in [6.07, 6.45) is -1.42. The van der Waals surface area contributed by atoms with Crippen molar-refractivity contribution in [3.8, 4) is 5.75 Å². The van der Waals surface area contributed by atoms with E-state index in [1.54, 1.807) is 0 Å². The molecule has 0 aromatic heterocycles. The number of quaternary nitrogens is 1. The molecule has 0 aliphatic carbocycles. The maximum atomic E-state index is 10.7. The van der Waals surface area contributed by atoms with Crippen LogP contribution in [0.15, 0.2) is 24.3 Å². The number of hydrogen-bond donors (Lipinski definition) is 4. The Kier molecular flexibility index (Phi) is 5.23. The second-order valence-corrected chi connectivity index (χ2v) is 2.28. The molecule has 0 unspecified atom stereocenters. The third-order valence-electron chi connectivity index (χ3n) is 1.12. The van der Waals surface area contributed by atoms with Crippen LogP contribution in [0.4, 0.5) is 0 Å². The zero-order chi connectivity index (χ0) is 11.1. The molecule has 0 aliphatic heterocycles. The van der Waals surface area contributed by atoms with E-state index in [2.05, 4.69) is 5.73 Å². The first-order valence-electron chi connectivity index (χ1n) is 3.63. The Labute approximate surface area is 79.8 Å². The molecule has 0 radical (unpaired) electrons. The summed E-state index contributed by atoms with van der Waals surface area (Å²) in [7, 11) is 0. The second kappa shape index (κ2) is 5.92. The minimum absolute atomic E-state index is 0.178. The van der Waals surface area contributed by atoms with Gasteiger partial charge in [-0.3, -0.25) is 0 Å². The van der Waals surface area contributed by atoms with Crippen LogP contribution < -0.4 is 10.8 Å². The van der Waals surface area contributed by atoms with E-state index in [9.17, 15) is 9.90 Å². The average Bonchev–Trinajstić information content (AvgIpc) is 2.03. The summed E-state index contributed by atoms with van der Waals surface area (Å²) in [6, 6.07) is 5.54. The number of carboxylic acid groups (broad SMARTS) is 1. The molecule has 78 valence electrons. The molecule has 6 N–H and O–H groups in total. The van der Waals surface area contributed by atoms with Crippen LogP contribution in [0.25, 0.3) is 0 Å². The van der Waals surface area contributed by atoms with Crippen molar-refractivity contribution in [3.05, 3.63) is 29.8 Å². The number of aromatic carboxylic acids is 1. The van der Waals surface area contributed by atoms with Gasteiger partial charge in [0.1, 0.15) is 0 Å². The standard InChI is InChI=1S/C7H6O3.CH5NO2/c8-6-4-2-1-3-5(6)7(9)10;2-1(3)4/h1-4,8H,(H,9,10);1,3-4H,2H2. The van der Waals surface area contributed by atoms with Crippen molar-refractivity contribution in [3.63, 3.8) is 0 Å². The number of carbonyl (C=O) groups is 1. The fraction of sp³-hybridized carbons (Fsp3) is 0.125. The highest BCUT2D eigenvalue weighted by atomic mass is 16.5. The Hall–Kier alpha value is -1.63. The van der Waals surface area contributed by atoms with Gasteiger partial charge in [0.25, 0.3) is 6.41 Å². The van der Waals surface area contributed by atoms with Crippen LogP contribution in [0, 0.1) is 0 Å². The van der Waals surface area contributed by atoms with E-state index in [1.165, 1.54) is 24.3 Å². The summed E-state index contributed by atoms with van der Waals surface area (Å²) in [4.78, 5) is 10.2. The quantitative estimate of drug-likeness (QED) is 0.389. The van der Waals surface area contributed by atoms with Crippen LogP contribution in [0.1, 0.15) is 10.4 Å². The van der Waals surface area contributed by atoms with Gasteiger partial charge >= 0.3 is 5.97 Å². The van der Waals surface area contributed by atoms with Crippen molar-refractivity contribution in [1.82, 2.24) is 0 Å². The van der Waals surface area contributed by atoms with Crippen molar-refractivity contribution in [2.45, 2.75) is 6.41 Å². The summed E-state index contributed by atoms with van der Waals surface area (Å²) in [6.45, 7) is 0. The van der Waals surface area contributed by atoms with E-state index < -0.39 is 18.1 Å². The fourth-order valence-electron chi connectivity index (χ4n) is 0.643. The molecule has 0 saturated heterocycles. The lowest BCUT2D eigenvalue weighted by Crippen LogP contribution is -2.60. The molecule has 0 bridgehead atoms. The van der Waals surface area contributed by atoms with Crippen molar-refractivity contribution in [2.75, 3.05) is 0 Å². The summed E-state index contributed by atoms with van der Waals surface area (Å²) < 4.78 is 0. The first-order valence-corrected chi connectivity index (χ1v) is 3.63. The Morgan fingerprint density at radius 3 is 2.07 bits per heavy atom. The molecule has 0 atom stereocenters. The smallest absolute Gasteiger partial charge is 0.335 e. The zero-order valence-corrected chi connectivity index (χ0v) is 7.25. The minimum atomic E-state index is -1.42. The number of aliphatic hydroxyl groups excluding tert-OH is 1. The molecule has 0 saturated carbocycles. The predicted molar refractivity (Wildman–Crippen MR) is 44.0 cm³/mol. The lowest BCUT2D eigenvalue weighted by atomic mass is 10.2. The number of rotatable bonds is 1. The van der Waals surface area contributed by atoms with E-state index in [1.807, 2.05) is 0 Å². The van der Waals surface area contributed by atoms with E-state index >= 15 is 0 Å². The van der Waals surface area contributed by atoms with Gasteiger partial charge in [-0.25, -0.2) is 4.79 Å². The van der Waals surface area contributed by atoms with Crippen molar-refractivity contribution >= 4 is 5.97 Å². The summed E-state index contributed by atoms with van der Waals surface area (Å²) in [5, 5.41) is 34.0. The largest absolute Gasteiger partial charge is 0.872 e. The van der Waals surface area contributed by atoms with Crippen LogP contribution in [0.5, 0.6) is 5.75 Å². The van der Waals surface area contributed by atoms with Crippen LogP contribution in [0.3, 0.4) is 0 Å². The fourth-order valence-corrected chi connectivity index (χ4v) is 0.643. The molecule has 0 spiro atoms. The summed E-state index contributed by atoms with van der Waals surface area (Å²) in [5.74, 6) is -1.62. The van der Waals surface area contributed by atoms with Gasteiger partial charge in [-0.15, -0.1) is 0 Å². The highest BCUT2D eigenvalue weighted by Gasteiger charge is 1.99. The van der Waals surface area contributed by atoms with Gasteiger partial charge in [-0.05, 0) is 6.07 Å². The van der Waals surface area contributed by atoms with Crippen LogP contribution in [0.2, 0.25) is 0 Å². The molecular weight excluding hydrogens is 190 g/mol. The normalized spacial score (nSPS) is 9.14. The Balaban J connectivity index is 0.000000364. The van der Waals surface area contributed by atoms with Crippen LogP contribution >= 0.6 is 0 Å². The Bertz CT molecular complexity index is 297. The van der Waals surface area contributed by atoms with Crippen molar-refractivity contribution in [1.29, 1.82) is 0 Å². The van der Waals surface area contributed by atoms with Crippen LogP contribution in [-0.2, 0) is 0 Å². The van der Waals surface area contributed by atoms with E-state index in [4.69, 9.17) is 15.3 Å². The molecule has 0 heterocycles. The van der Waals surface area contributed by atoms with Gasteiger partial charge in [-0.1, -0.05) is 23.9 Å². The minimum Gasteiger partial charge on any atom is -0.872 e. The van der Waals surface area contributed by atoms with Crippen LogP contribution in [-0.4, -0.2) is 27.7 Å². The molecule has 6 nitrogen and oxygen atoms in total. The lowest BCUT2D eigenvalue weighted by Gasteiger charge is -2.07. The average molecular weight is 201 g/mol. The van der Waals surface area contributed by atoms with Crippen molar-refractivity contribution in [2.24, 2.45) is 0 Å². The number of hydrogen-bond acceptors (Lipinski definition) is 4. The molecule has 1 aromatic carbocycles. The van der Waals surface area contributed by atoms with Crippen molar-refractivity contribution < 1.29 is 31.0 Å². The third kappa shape index (κ3) is 5.09. The van der Waals surface area contributed by atoms with Gasteiger partial charge < -0.3 is 26.2 Å². The highest BCUT2D eigenvalue weighted by molar-refractivity contribution is 5.90. The van der Waals surface area contributed by atoms with E-state index in [0.717, 1.165) is 0 Å². The molecule has 0 aliphatic rings. The maximum absolute atomic E-state index is 10.7. The topological polar surface area (TPSA) is 128 Å². The SMILES string of the molecule is O=C(O)c1ccccc1[O-].[NH3+]C(O)O. The molecule has 0 amide bonds. The van der Waals surface area contributed by atoms with Gasteiger partial charge in [0.15, 0.2) is 0 Å². The van der Waals surface area contributed by atoms with E-state index in [-0.39, 0.29) is 5.56 Å². The number of benzene rings is 1.